The number of halogens is 1. The van der Waals surface area contributed by atoms with Gasteiger partial charge in [-0.15, -0.1) is 0 Å². The molecular formula is C12H13FO4S. The van der Waals surface area contributed by atoms with E-state index < -0.39 is 32.3 Å². The summed E-state index contributed by atoms with van der Waals surface area (Å²) in [5, 5.41) is 8.07. The molecule has 6 heteroatoms. The van der Waals surface area contributed by atoms with E-state index in [4.69, 9.17) is 5.11 Å². The van der Waals surface area contributed by atoms with Gasteiger partial charge in [0.05, 0.1) is 15.6 Å². The van der Waals surface area contributed by atoms with Crippen LogP contribution < -0.4 is 0 Å². The van der Waals surface area contributed by atoms with Gasteiger partial charge in [-0.3, -0.25) is 4.79 Å². The molecule has 0 spiro atoms. The fourth-order valence-corrected chi connectivity index (χ4v) is 4.58. The number of hydrogen-bond acceptors (Lipinski definition) is 3. The summed E-state index contributed by atoms with van der Waals surface area (Å²) in [5.74, 6) is -1.69. The van der Waals surface area contributed by atoms with Gasteiger partial charge in [-0.05, 0) is 44.0 Å². The van der Waals surface area contributed by atoms with Crippen molar-refractivity contribution in [2.75, 3.05) is 0 Å². The van der Waals surface area contributed by atoms with E-state index in [9.17, 15) is 17.6 Å². The predicted molar refractivity (Wildman–Crippen MR) is 62.5 cm³/mol. The van der Waals surface area contributed by atoms with E-state index >= 15 is 0 Å². The van der Waals surface area contributed by atoms with Crippen molar-refractivity contribution in [2.24, 2.45) is 5.41 Å². The van der Waals surface area contributed by atoms with Crippen LogP contribution >= 0.6 is 0 Å². The Morgan fingerprint density at radius 2 is 2.06 bits per heavy atom. The zero-order valence-electron chi connectivity index (χ0n) is 9.97. The Balaban J connectivity index is 2.57. The Morgan fingerprint density at radius 3 is 2.61 bits per heavy atom. The van der Waals surface area contributed by atoms with Crippen LogP contribution in [-0.4, -0.2) is 24.7 Å². The highest BCUT2D eigenvalue weighted by atomic mass is 32.2. The molecule has 0 bridgehead atoms. The van der Waals surface area contributed by atoms with Gasteiger partial charge in [-0.1, -0.05) is 0 Å². The SMILES string of the molecule is CC(C)(C(=O)O)C1Cc2cc(F)ccc2S1(=O)=O. The molecule has 98 valence electrons. The Labute approximate surface area is 104 Å². The third kappa shape index (κ3) is 1.71. The molecule has 1 heterocycles. The Bertz CT molecular complexity index is 619. The van der Waals surface area contributed by atoms with Gasteiger partial charge in [0, 0.05) is 0 Å². The third-order valence-corrected chi connectivity index (χ3v) is 5.98. The van der Waals surface area contributed by atoms with Gasteiger partial charge in [0.1, 0.15) is 5.82 Å². The van der Waals surface area contributed by atoms with Crippen molar-refractivity contribution in [1.82, 2.24) is 0 Å². The fourth-order valence-electron chi connectivity index (χ4n) is 2.23. The summed E-state index contributed by atoms with van der Waals surface area (Å²) >= 11 is 0. The molecule has 0 saturated heterocycles. The highest BCUT2D eigenvalue weighted by molar-refractivity contribution is 7.92. The molecule has 0 fully saturated rings. The predicted octanol–water partition coefficient (Wildman–Crippen LogP) is 1.63. The lowest BCUT2D eigenvalue weighted by Gasteiger charge is -2.25. The number of carbonyl (C=O) groups is 1. The van der Waals surface area contributed by atoms with Crippen LogP contribution in [0.25, 0.3) is 0 Å². The maximum atomic E-state index is 13.1. The van der Waals surface area contributed by atoms with Crippen molar-refractivity contribution in [2.45, 2.75) is 30.4 Å². The highest BCUT2D eigenvalue weighted by Crippen LogP contribution is 2.40. The van der Waals surface area contributed by atoms with Gasteiger partial charge in [-0.25, -0.2) is 12.8 Å². The lowest BCUT2D eigenvalue weighted by Crippen LogP contribution is -2.41. The number of sulfone groups is 1. The summed E-state index contributed by atoms with van der Waals surface area (Å²) in [6, 6.07) is 3.44. The molecule has 0 saturated carbocycles. The van der Waals surface area contributed by atoms with Crippen molar-refractivity contribution in [3.8, 4) is 0 Å². The molecule has 1 aliphatic rings. The number of hydrogen-bond donors (Lipinski definition) is 1. The average Bonchev–Trinajstić information content (AvgIpc) is 2.50. The maximum Gasteiger partial charge on any atom is 0.310 e. The zero-order valence-corrected chi connectivity index (χ0v) is 10.8. The zero-order chi connectivity index (χ0) is 13.7. The molecule has 0 amide bonds. The molecule has 0 aromatic heterocycles. The van der Waals surface area contributed by atoms with E-state index in [1.54, 1.807) is 0 Å². The molecule has 1 aliphatic heterocycles. The fraction of sp³-hybridized carbons (Fsp3) is 0.417. The molecule has 1 aromatic carbocycles. The number of carboxylic acids is 1. The Morgan fingerprint density at radius 1 is 1.44 bits per heavy atom. The monoisotopic (exact) mass is 272 g/mol. The van der Waals surface area contributed by atoms with Crippen LogP contribution in [0.5, 0.6) is 0 Å². The first kappa shape index (κ1) is 13.0. The van der Waals surface area contributed by atoms with Crippen molar-refractivity contribution < 1.29 is 22.7 Å². The number of carboxylic acid groups (broad SMARTS) is 1. The van der Waals surface area contributed by atoms with Crippen molar-refractivity contribution in [3.05, 3.63) is 29.6 Å². The number of fused-ring (bicyclic) bond motifs is 1. The van der Waals surface area contributed by atoms with Crippen LogP contribution in [0.4, 0.5) is 4.39 Å². The van der Waals surface area contributed by atoms with E-state index in [-0.39, 0.29) is 11.3 Å². The standard InChI is InChI=1S/C12H13FO4S/c1-12(2,11(14)15)10-6-7-5-8(13)3-4-9(7)18(10,16)17/h3-5,10H,6H2,1-2H3,(H,14,15). The van der Waals surface area contributed by atoms with Crippen LogP contribution in [-0.2, 0) is 21.1 Å². The van der Waals surface area contributed by atoms with Gasteiger partial charge >= 0.3 is 5.97 Å². The van der Waals surface area contributed by atoms with Crippen molar-refractivity contribution >= 4 is 15.8 Å². The van der Waals surface area contributed by atoms with Gasteiger partial charge in [0.15, 0.2) is 9.84 Å². The van der Waals surface area contributed by atoms with Crippen molar-refractivity contribution in [1.29, 1.82) is 0 Å². The number of rotatable bonds is 2. The first-order valence-corrected chi connectivity index (χ1v) is 6.97. The molecule has 18 heavy (non-hydrogen) atoms. The number of benzene rings is 1. The number of aliphatic carboxylic acids is 1. The van der Waals surface area contributed by atoms with E-state index in [0.717, 1.165) is 12.1 Å². The maximum absolute atomic E-state index is 13.1. The smallest absolute Gasteiger partial charge is 0.310 e. The van der Waals surface area contributed by atoms with E-state index in [1.165, 1.54) is 19.9 Å². The van der Waals surface area contributed by atoms with Crippen LogP contribution in [0.15, 0.2) is 23.1 Å². The molecule has 1 atom stereocenters. The van der Waals surface area contributed by atoms with E-state index in [1.807, 2.05) is 0 Å². The minimum atomic E-state index is -3.71. The molecule has 2 rings (SSSR count). The summed E-state index contributed by atoms with van der Waals surface area (Å²) in [5.41, 5.74) is -1.05. The average molecular weight is 272 g/mol. The summed E-state index contributed by atoms with van der Waals surface area (Å²) in [6.07, 6.45) is 0.0364. The normalized spacial score (nSPS) is 21.6. The third-order valence-electron chi connectivity index (χ3n) is 3.47. The first-order chi connectivity index (χ1) is 8.17. The molecule has 0 aliphatic carbocycles. The lowest BCUT2D eigenvalue weighted by atomic mass is 9.86. The molecule has 1 aromatic rings. The van der Waals surface area contributed by atoms with Crippen LogP contribution in [0.2, 0.25) is 0 Å². The lowest BCUT2D eigenvalue weighted by molar-refractivity contribution is -0.146. The van der Waals surface area contributed by atoms with Gasteiger partial charge in [0.25, 0.3) is 0 Å². The van der Waals surface area contributed by atoms with E-state index in [0.29, 0.717) is 5.56 Å². The Kier molecular flexibility index (Phi) is 2.73. The van der Waals surface area contributed by atoms with Gasteiger partial charge in [0.2, 0.25) is 0 Å². The largest absolute Gasteiger partial charge is 0.481 e. The second-order valence-electron chi connectivity index (χ2n) is 5.02. The van der Waals surface area contributed by atoms with Crippen LogP contribution in [0, 0.1) is 11.2 Å². The summed E-state index contributed by atoms with van der Waals surface area (Å²) < 4.78 is 37.6. The minimum absolute atomic E-state index is 0.0364. The van der Waals surface area contributed by atoms with Gasteiger partial charge < -0.3 is 5.11 Å². The van der Waals surface area contributed by atoms with Crippen LogP contribution in [0.3, 0.4) is 0 Å². The molecule has 0 radical (unpaired) electrons. The Hall–Kier alpha value is -1.43. The molecule has 4 nitrogen and oxygen atoms in total. The molecular weight excluding hydrogens is 259 g/mol. The summed E-state index contributed by atoms with van der Waals surface area (Å²) in [6.45, 7) is 2.75. The van der Waals surface area contributed by atoms with Crippen molar-refractivity contribution in [3.63, 3.8) is 0 Å². The summed E-state index contributed by atoms with van der Waals surface area (Å²) in [4.78, 5) is 11.2. The quantitative estimate of drug-likeness (QED) is 0.831. The molecule has 1 unspecified atom stereocenters. The topological polar surface area (TPSA) is 71.4 Å². The van der Waals surface area contributed by atoms with E-state index in [2.05, 4.69) is 0 Å². The minimum Gasteiger partial charge on any atom is -0.481 e. The summed E-state index contributed by atoms with van der Waals surface area (Å²) in [7, 11) is -3.71. The highest BCUT2D eigenvalue weighted by Gasteiger charge is 2.50. The first-order valence-electron chi connectivity index (χ1n) is 5.43. The second kappa shape index (κ2) is 3.78. The van der Waals surface area contributed by atoms with Gasteiger partial charge in [-0.2, -0.15) is 0 Å². The second-order valence-corrected chi connectivity index (χ2v) is 7.12. The van der Waals surface area contributed by atoms with Crippen LogP contribution in [0.1, 0.15) is 19.4 Å². The molecule has 1 N–H and O–H groups in total.